The number of likely N-dealkylation sites (tertiary alicyclic amines) is 1. The number of hydrogen-bond donors (Lipinski definition) is 1. The quantitative estimate of drug-likeness (QED) is 0.813. The van der Waals surface area contributed by atoms with Gasteiger partial charge in [-0.2, -0.15) is 0 Å². The van der Waals surface area contributed by atoms with Crippen LogP contribution in [-0.4, -0.2) is 49.2 Å². The first-order chi connectivity index (χ1) is 14.2. The predicted octanol–water partition coefficient (Wildman–Crippen LogP) is 3.01. The number of nitrogens with zero attached hydrogens (tertiary/aromatic N) is 1. The van der Waals surface area contributed by atoms with E-state index >= 15 is 0 Å². The fourth-order valence-electron chi connectivity index (χ4n) is 3.72. The van der Waals surface area contributed by atoms with Crippen LogP contribution >= 0.6 is 0 Å². The van der Waals surface area contributed by atoms with Crippen LogP contribution in [0.4, 0.5) is 0 Å². The second-order valence-electron chi connectivity index (χ2n) is 7.62. The minimum Gasteiger partial charge on any atom is -0.489 e. The SMILES string of the molecule is CC(=O)N1CCC(NC[C@@H]2COc3ccc(OCc4ccccc4)cc3O2)CC1. The lowest BCUT2D eigenvalue weighted by Gasteiger charge is -2.33. The zero-order valence-corrected chi connectivity index (χ0v) is 16.8. The summed E-state index contributed by atoms with van der Waals surface area (Å²) in [6, 6.07) is 16.2. The maximum Gasteiger partial charge on any atom is 0.219 e. The molecule has 0 aliphatic carbocycles. The molecule has 0 aromatic heterocycles. The number of rotatable bonds is 6. The summed E-state index contributed by atoms with van der Waals surface area (Å²) in [5, 5.41) is 3.57. The van der Waals surface area contributed by atoms with Gasteiger partial charge in [-0.3, -0.25) is 4.79 Å². The maximum atomic E-state index is 11.4. The number of fused-ring (bicyclic) bond motifs is 1. The largest absolute Gasteiger partial charge is 0.489 e. The second kappa shape index (κ2) is 9.18. The van der Waals surface area contributed by atoms with Gasteiger partial charge in [0.05, 0.1) is 0 Å². The minimum atomic E-state index is -0.0438. The molecule has 1 N–H and O–H groups in total. The van der Waals surface area contributed by atoms with Crippen molar-refractivity contribution in [3.8, 4) is 17.2 Å². The molecular weight excluding hydrogens is 368 g/mol. The molecule has 2 aliphatic heterocycles. The van der Waals surface area contributed by atoms with Crippen molar-refractivity contribution >= 4 is 5.91 Å². The summed E-state index contributed by atoms with van der Waals surface area (Å²) in [4.78, 5) is 13.3. The Labute approximate surface area is 171 Å². The normalized spacial score (nSPS) is 19.1. The second-order valence-corrected chi connectivity index (χ2v) is 7.62. The molecule has 0 radical (unpaired) electrons. The summed E-state index contributed by atoms with van der Waals surface area (Å²) in [6.07, 6.45) is 1.90. The fourth-order valence-corrected chi connectivity index (χ4v) is 3.72. The standard InChI is InChI=1S/C23H28N2O4/c1-17(26)25-11-9-19(10-12-25)24-14-21-16-28-22-8-7-20(13-23(22)29-21)27-15-18-5-3-2-4-6-18/h2-8,13,19,21,24H,9-12,14-16H2,1H3/t21-/m1/s1. The molecule has 6 nitrogen and oxygen atoms in total. The van der Waals surface area contributed by atoms with E-state index in [0.717, 1.165) is 55.3 Å². The number of benzene rings is 2. The van der Waals surface area contributed by atoms with Gasteiger partial charge in [-0.1, -0.05) is 30.3 Å². The average molecular weight is 396 g/mol. The molecule has 1 atom stereocenters. The van der Waals surface area contributed by atoms with Crippen molar-refractivity contribution in [2.45, 2.75) is 38.5 Å². The van der Waals surface area contributed by atoms with Crippen molar-refractivity contribution in [3.63, 3.8) is 0 Å². The summed E-state index contributed by atoms with van der Waals surface area (Å²) >= 11 is 0. The van der Waals surface area contributed by atoms with Crippen molar-refractivity contribution in [1.29, 1.82) is 0 Å². The van der Waals surface area contributed by atoms with E-state index in [9.17, 15) is 4.79 Å². The highest BCUT2D eigenvalue weighted by Crippen LogP contribution is 2.35. The molecule has 4 rings (SSSR count). The van der Waals surface area contributed by atoms with Gasteiger partial charge in [-0.25, -0.2) is 0 Å². The van der Waals surface area contributed by atoms with Crippen molar-refractivity contribution in [2.75, 3.05) is 26.2 Å². The van der Waals surface area contributed by atoms with E-state index in [-0.39, 0.29) is 12.0 Å². The number of hydrogen-bond acceptors (Lipinski definition) is 5. The van der Waals surface area contributed by atoms with Crippen LogP contribution in [0.2, 0.25) is 0 Å². The Balaban J connectivity index is 1.27. The Hall–Kier alpha value is -2.73. The van der Waals surface area contributed by atoms with E-state index in [1.54, 1.807) is 6.92 Å². The summed E-state index contributed by atoms with van der Waals surface area (Å²) in [5.41, 5.74) is 1.13. The van der Waals surface area contributed by atoms with Crippen LogP contribution in [0.15, 0.2) is 48.5 Å². The highest BCUT2D eigenvalue weighted by Gasteiger charge is 2.25. The van der Waals surface area contributed by atoms with Gasteiger partial charge >= 0.3 is 0 Å². The van der Waals surface area contributed by atoms with Crippen LogP contribution in [-0.2, 0) is 11.4 Å². The van der Waals surface area contributed by atoms with Gasteiger partial charge in [0.15, 0.2) is 11.5 Å². The number of amides is 1. The smallest absolute Gasteiger partial charge is 0.219 e. The Morgan fingerprint density at radius 3 is 2.69 bits per heavy atom. The Morgan fingerprint density at radius 1 is 1.14 bits per heavy atom. The highest BCUT2D eigenvalue weighted by molar-refractivity contribution is 5.73. The molecule has 1 fully saturated rings. The van der Waals surface area contributed by atoms with Gasteiger partial charge in [-0.05, 0) is 30.5 Å². The minimum absolute atomic E-state index is 0.0438. The van der Waals surface area contributed by atoms with Gasteiger partial charge in [0.1, 0.15) is 25.1 Å². The van der Waals surface area contributed by atoms with E-state index in [2.05, 4.69) is 5.32 Å². The van der Waals surface area contributed by atoms with Gasteiger partial charge in [0.25, 0.3) is 0 Å². The molecule has 2 aromatic carbocycles. The molecule has 0 saturated carbocycles. The average Bonchev–Trinajstić information content (AvgIpc) is 2.77. The molecule has 1 saturated heterocycles. The summed E-state index contributed by atoms with van der Waals surface area (Å²) < 4.78 is 17.9. The zero-order valence-electron chi connectivity index (χ0n) is 16.8. The topological polar surface area (TPSA) is 60.0 Å². The first kappa shape index (κ1) is 19.6. The van der Waals surface area contributed by atoms with Crippen molar-refractivity contribution in [3.05, 3.63) is 54.1 Å². The zero-order chi connectivity index (χ0) is 20.1. The summed E-state index contributed by atoms with van der Waals surface area (Å²) in [7, 11) is 0. The van der Waals surface area contributed by atoms with Crippen LogP contribution in [0.1, 0.15) is 25.3 Å². The van der Waals surface area contributed by atoms with Gasteiger partial charge in [-0.15, -0.1) is 0 Å². The van der Waals surface area contributed by atoms with E-state index in [4.69, 9.17) is 14.2 Å². The lowest BCUT2D eigenvalue weighted by Crippen LogP contribution is -2.48. The molecule has 0 spiro atoms. The molecular formula is C23H28N2O4. The van der Waals surface area contributed by atoms with Gasteiger partial charge < -0.3 is 24.4 Å². The lowest BCUT2D eigenvalue weighted by atomic mass is 10.0. The summed E-state index contributed by atoms with van der Waals surface area (Å²) in [5.74, 6) is 2.40. The van der Waals surface area contributed by atoms with Crippen LogP contribution < -0.4 is 19.5 Å². The monoisotopic (exact) mass is 396 g/mol. The molecule has 0 bridgehead atoms. The predicted molar refractivity (Wildman–Crippen MR) is 110 cm³/mol. The highest BCUT2D eigenvalue weighted by atomic mass is 16.6. The van der Waals surface area contributed by atoms with E-state index in [1.165, 1.54) is 0 Å². The first-order valence-corrected chi connectivity index (χ1v) is 10.3. The Morgan fingerprint density at radius 2 is 1.93 bits per heavy atom. The molecule has 29 heavy (non-hydrogen) atoms. The van der Waals surface area contributed by atoms with Crippen LogP contribution in [0.25, 0.3) is 0 Å². The Bertz CT molecular complexity index is 819. The molecule has 2 aliphatic rings. The lowest BCUT2D eigenvalue weighted by molar-refractivity contribution is -0.129. The number of ether oxygens (including phenoxy) is 3. The third-order valence-corrected chi connectivity index (χ3v) is 5.46. The van der Waals surface area contributed by atoms with E-state index < -0.39 is 0 Å². The van der Waals surface area contributed by atoms with E-state index in [1.807, 2.05) is 53.4 Å². The third-order valence-electron chi connectivity index (χ3n) is 5.46. The van der Waals surface area contributed by atoms with Gasteiger partial charge in [0, 0.05) is 38.7 Å². The molecule has 2 aromatic rings. The number of piperidine rings is 1. The molecule has 0 unspecified atom stereocenters. The first-order valence-electron chi connectivity index (χ1n) is 10.3. The van der Waals surface area contributed by atoms with Crippen molar-refractivity contribution in [2.24, 2.45) is 0 Å². The van der Waals surface area contributed by atoms with Crippen LogP contribution in [0.5, 0.6) is 17.2 Å². The van der Waals surface area contributed by atoms with Crippen molar-refractivity contribution in [1.82, 2.24) is 10.2 Å². The third kappa shape index (κ3) is 5.21. The fraction of sp³-hybridized carbons (Fsp3) is 0.435. The maximum absolute atomic E-state index is 11.4. The Kier molecular flexibility index (Phi) is 6.20. The number of nitrogens with one attached hydrogen (secondary N) is 1. The summed E-state index contributed by atoms with van der Waals surface area (Å²) in [6.45, 7) is 5.04. The number of carbonyl (C=O) groups is 1. The molecule has 1 amide bonds. The van der Waals surface area contributed by atoms with E-state index in [0.29, 0.717) is 19.3 Å². The van der Waals surface area contributed by atoms with Gasteiger partial charge in [0.2, 0.25) is 5.91 Å². The number of carbonyl (C=O) groups excluding carboxylic acids is 1. The molecule has 6 heteroatoms. The molecule has 2 heterocycles. The van der Waals surface area contributed by atoms with Crippen LogP contribution in [0, 0.1) is 0 Å². The van der Waals surface area contributed by atoms with Crippen molar-refractivity contribution < 1.29 is 19.0 Å². The molecule has 154 valence electrons. The van der Waals surface area contributed by atoms with Crippen LogP contribution in [0.3, 0.4) is 0 Å².